The molecule has 0 saturated carbocycles. The number of aliphatic hydroxyl groups excluding tert-OH is 2. The topological polar surface area (TPSA) is 69.6 Å². The first-order valence-corrected chi connectivity index (χ1v) is 13.0. The highest BCUT2D eigenvalue weighted by Crippen LogP contribution is 2.32. The van der Waals surface area contributed by atoms with E-state index in [1.54, 1.807) is 0 Å². The first-order chi connectivity index (χ1) is 18.1. The van der Waals surface area contributed by atoms with Gasteiger partial charge in [-0.15, -0.1) is 0 Å². The molecule has 0 spiro atoms. The summed E-state index contributed by atoms with van der Waals surface area (Å²) in [5.74, 6) is -0.568. The van der Waals surface area contributed by atoms with Gasteiger partial charge in [-0.25, -0.2) is 0 Å². The van der Waals surface area contributed by atoms with Gasteiger partial charge in [-0.1, -0.05) is 109 Å². The zero-order valence-corrected chi connectivity index (χ0v) is 20.8. The molecule has 0 saturated heterocycles. The molecule has 0 fully saturated rings. The molecule has 4 aromatic rings. The lowest BCUT2D eigenvalue weighted by molar-refractivity contribution is -0.127. The van der Waals surface area contributed by atoms with Crippen LogP contribution in [0.5, 0.6) is 0 Å². The summed E-state index contributed by atoms with van der Waals surface area (Å²) in [6, 6.07) is 35.6. The van der Waals surface area contributed by atoms with E-state index in [1.807, 2.05) is 91.0 Å². The molecular formula is C33H33NO3. The van der Waals surface area contributed by atoms with Gasteiger partial charge in [0.15, 0.2) is 0 Å². The monoisotopic (exact) mass is 491 g/mol. The predicted molar refractivity (Wildman–Crippen MR) is 147 cm³/mol. The fourth-order valence-corrected chi connectivity index (χ4v) is 5.46. The first-order valence-electron chi connectivity index (χ1n) is 13.0. The lowest BCUT2D eigenvalue weighted by atomic mass is 9.88. The molecule has 0 radical (unpaired) electrons. The minimum absolute atomic E-state index is 0.139. The minimum atomic E-state index is -0.690. The molecule has 0 aromatic heterocycles. The van der Waals surface area contributed by atoms with Gasteiger partial charge in [-0.2, -0.15) is 0 Å². The van der Waals surface area contributed by atoms with E-state index in [0.29, 0.717) is 25.7 Å². The number of hydrogen-bond donors (Lipinski definition) is 3. The Labute approximate surface area is 218 Å². The van der Waals surface area contributed by atoms with E-state index in [9.17, 15) is 15.0 Å². The molecule has 0 unspecified atom stereocenters. The van der Waals surface area contributed by atoms with Gasteiger partial charge in [-0.3, -0.25) is 4.79 Å². The van der Waals surface area contributed by atoms with Gasteiger partial charge in [-0.05, 0) is 52.6 Å². The number of fused-ring (bicyclic) bond motifs is 1. The van der Waals surface area contributed by atoms with Crippen LogP contribution in [0.15, 0.2) is 109 Å². The summed E-state index contributed by atoms with van der Waals surface area (Å²) in [7, 11) is 0. The molecule has 4 atom stereocenters. The fourth-order valence-electron chi connectivity index (χ4n) is 5.46. The van der Waals surface area contributed by atoms with E-state index < -0.39 is 24.2 Å². The van der Waals surface area contributed by atoms with Gasteiger partial charge < -0.3 is 15.5 Å². The molecule has 1 amide bonds. The zero-order valence-electron chi connectivity index (χ0n) is 20.8. The van der Waals surface area contributed by atoms with Gasteiger partial charge in [0.25, 0.3) is 0 Å². The van der Waals surface area contributed by atoms with E-state index in [-0.39, 0.29) is 5.91 Å². The van der Waals surface area contributed by atoms with Crippen molar-refractivity contribution in [3.05, 3.63) is 131 Å². The molecule has 4 aromatic carbocycles. The minimum Gasteiger partial charge on any atom is -0.393 e. The largest absolute Gasteiger partial charge is 0.393 e. The van der Waals surface area contributed by atoms with Crippen molar-refractivity contribution in [1.82, 2.24) is 5.32 Å². The van der Waals surface area contributed by atoms with Crippen LogP contribution in [-0.2, 0) is 24.1 Å². The Balaban J connectivity index is 1.34. The molecule has 1 aliphatic rings. The highest BCUT2D eigenvalue weighted by Gasteiger charge is 2.34. The number of carbonyl (C=O) groups excluding carboxylic acids is 1. The Morgan fingerprint density at radius 1 is 0.811 bits per heavy atom. The Kier molecular flexibility index (Phi) is 7.79. The van der Waals surface area contributed by atoms with E-state index >= 15 is 0 Å². The summed E-state index contributed by atoms with van der Waals surface area (Å²) in [6.07, 6.45) is 0.497. The van der Waals surface area contributed by atoms with E-state index in [1.165, 1.54) is 0 Å². The third-order valence-electron chi connectivity index (χ3n) is 7.31. The first kappa shape index (κ1) is 24.9. The van der Waals surface area contributed by atoms with Crippen molar-refractivity contribution in [2.45, 2.75) is 43.9 Å². The number of rotatable bonds is 9. The molecule has 0 bridgehead atoms. The van der Waals surface area contributed by atoms with Crippen molar-refractivity contribution in [2.24, 2.45) is 5.92 Å². The quantitative estimate of drug-likeness (QED) is 0.298. The van der Waals surface area contributed by atoms with E-state index in [0.717, 1.165) is 33.4 Å². The lowest BCUT2D eigenvalue weighted by Crippen LogP contribution is -2.39. The van der Waals surface area contributed by atoms with Crippen molar-refractivity contribution in [1.29, 1.82) is 0 Å². The smallest absolute Gasteiger partial charge is 0.224 e. The van der Waals surface area contributed by atoms with Crippen LogP contribution in [0.4, 0.5) is 0 Å². The lowest BCUT2D eigenvalue weighted by Gasteiger charge is -2.25. The van der Waals surface area contributed by atoms with Gasteiger partial charge in [0.1, 0.15) is 0 Å². The standard InChI is InChI=1S/C33H33NO3/c35-28(20-25-15-7-9-17-29(25)24-13-5-2-6-14-24)21-27(19-23-11-3-1-4-12-23)33(37)34-32-30-18-10-8-16-26(30)22-31(32)36/h1-18,27-28,31-32,35-36H,19-22H2,(H,34,37)/t27-,28+,31-,32+/m1/s1. The highest BCUT2D eigenvalue weighted by molar-refractivity contribution is 5.80. The summed E-state index contributed by atoms with van der Waals surface area (Å²) in [5, 5.41) is 25.0. The maximum atomic E-state index is 13.6. The number of amides is 1. The second-order valence-corrected chi connectivity index (χ2v) is 9.96. The van der Waals surface area contributed by atoms with Crippen molar-refractivity contribution >= 4 is 5.91 Å². The third kappa shape index (κ3) is 5.99. The molecule has 0 aliphatic heterocycles. The van der Waals surface area contributed by atoms with Gasteiger partial charge in [0, 0.05) is 12.3 Å². The van der Waals surface area contributed by atoms with Crippen LogP contribution < -0.4 is 5.32 Å². The SMILES string of the molecule is O=C(N[C@H]1c2ccccc2C[C@H]1O)[C@H](Cc1ccccc1)C[C@@H](O)Cc1ccccc1-c1ccccc1. The number of hydrogen-bond acceptors (Lipinski definition) is 3. The van der Waals surface area contributed by atoms with Gasteiger partial charge in [0.05, 0.1) is 18.2 Å². The van der Waals surface area contributed by atoms with Crippen LogP contribution in [0.2, 0.25) is 0 Å². The second-order valence-electron chi connectivity index (χ2n) is 9.96. The van der Waals surface area contributed by atoms with Gasteiger partial charge >= 0.3 is 0 Å². The van der Waals surface area contributed by atoms with Crippen LogP contribution >= 0.6 is 0 Å². The maximum absolute atomic E-state index is 13.6. The number of benzene rings is 4. The van der Waals surface area contributed by atoms with Crippen LogP contribution in [0.3, 0.4) is 0 Å². The van der Waals surface area contributed by atoms with Crippen LogP contribution in [0.25, 0.3) is 11.1 Å². The zero-order chi connectivity index (χ0) is 25.6. The molecule has 1 aliphatic carbocycles. The molecular weight excluding hydrogens is 458 g/mol. The fraction of sp³-hybridized carbons (Fsp3) is 0.242. The maximum Gasteiger partial charge on any atom is 0.224 e. The number of nitrogens with one attached hydrogen (secondary N) is 1. The summed E-state index contributed by atoms with van der Waals surface area (Å²) >= 11 is 0. The molecule has 4 nitrogen and oxygen atoms in total. The Hall–Kier alpha value is -3.73. The Bertz CT molecular complexity index is 1320. The summed E-state index contributed by atoms with van der Waals surface area (Å²) in [5.41, 5.74) is 6.35. The summed E-state index contributed by atoms with van der Waals surface area (Å²) < 4.78 is 0. The molecule has 5 rings (SSSR count). The van der Waals surface area contributed by atoms with Crippen LogP contribution in [0.1, 0.15) is 34.7 Å². The normalized spacial score (nSPS) is 18.1. The molecule has 188 valence electrons. The predicted octanol–water partition coefficient (Wildman–Crippen LogP) is 5.28. The Morgan fingerprint density at radius 2 is 1.46 bits per heavy atom. The van der Waals surface area contributed by atoms with Crippen LogP contribution in [0, 0.1) is 5.92 Å². The molecule has 37 heavy (non-hydrogen) atoms. The second kappa shape index (κ2) is 11.5. The molecule has 3 N–H and O–H groups in total. The average Bonchev–Trinajstić information content (AvgIpc) is 3.24. The molecule has 4 heteroatoms. The number of aliphatic hydroxyl groups is 2. The highest BCUT2D eigenvalue weighted by atomic mass is 16.3. The third-order valence-corrected chi connectivity index (χ3v) is 7.31. The van der Waals surface area contributed by atoms with Crippen LogP contribution in [-0.4, -0.2) is 28.3 Å². The Morgan fingerprint density at radius 3 is 2.24 bits per heavy atom. The summed E-state index contributed by atoms with van der Waals surface area (Å²) in [6.45, 7) is 0. The van der Waals surface area contributed by atoms with Crippen molar-refractivity contribution in [3.63, 3.8) is 0 Å². The average molecular weight is 492 g/mol. The van der Waals surface area contributed by atoms with Crippen molar-refractivity contribution < 1.29 is 15.0 Å². The van der Waals surface area contributed by atoms with Crippen molar-refractivity contribution in [3.8, 4) is 11.1 Å². The molecule has 0 heterocycles. The van der Waals surface area contributed by atoms with E-state index in [2.05, 4.69) is 23.5 Å². The van der Waals surface area contributed by atoms with Gasteiger partial charge in [0.2, 0.25) is 5.91 Å². The van der Waals surface area contributed by atoms with E-state index in [4.69, 9.17) is 0 Å². The van der Waals surface area contributed by atoms with Crippen molar-refractivity contribution in [2.75, 3.05) is 0 Å². The number of carbonyl (C=O) groups is 1. The summed E-state index contributed by atoms with van der Waals surface area (Å²) in [4.78, 5) is 13.6.